The van der Waals surface area contributed by atoms with E-state index in [2.05, 4.69) is 13.0 Å². The van der Waals surface area contributed by atoms with E-state index in [0.717, 1.165) is 31.7 Å². The molecule has 0 aromatic heterocycles. The molecule has 122 valence electrons. The van der Waals surface area contributed by atoms with E-state index in [1.165, 1.54) is 5.56 Å². The van der Waals surface area contributed by atoms with Gasteiger partial charge in [-0.05, 0) is 45.2 Å². The van der Waals surface area contributed by atoms with Gasteiger partial charge in [0.25, 0.3) is 0 Å². The van der Waals surface area contributed by atoms with Gasteiger partial charge in [-0.15, -0.1) is 0 Å². The second kappa shape index (κ2) is 7.03. The van der Waals surface area contributed by atoms with Gasteiger partial charge in [-0.2, -0.15) is 0 Å². The van der Waals surface area contributed by atoms with Crippen molar-refractivity contribution < 1.29 is 14.3 Å². The van der Waals surface area contributed by atoms with Crippen LogP contribution >= 0.6 is 0 Å². The standard InChI is InChI=1S/C18H27NO3/c1-5-12-21-16-9-7-6-8-15(16)14-10-11-19(13-14)17(20)22-18(2,3)4/h6-9,14H,5,10-13H2,1-4H3. The third kappa shape index (κ3) is 4.39. The van der Waals surface area contributed by atoms with Gasteiger partial charge in [0.1, 0.15) is 11.4 Å². The van der Waals surface area contributed by atoms with E-state index in [1.54, 1.807) is 4.90 Å². The molecule has 1 unspecified atom stereocenters. The number of carbonyl (C=O) groups excluding carboxylic acids is 1. The van der Waals surface area contributed by atoms with Crippen molar-refractivity contribution in [2.24, 2.45) is 0 Å². The SMILES string of the molecule is CCCOc1ccccc1C1CCN(C(=O)OC(C)(C)C)C1. The minimum atomic E-state index is -0.447. The van der Waals surface area contributed by atoms with E-state index in [0.29, 0.717) is 12.5 Å². The normalized spacial score (nSPS) is 18.4. The molecule has 22 heavy (non-hydrogen) atoms. The minimum Gasteiger partial charge on any atom is -0.493 e. The van der Waals surface area contributed by atoms with Crippen molar-refractivity contribution in [3.63, 3.8) is 0 Å². The van der Waals surface area contributed by atoms with E-state index in [-0.39, 0.29) is 6.09 Å². The smallest absolute Gasteiger partial charge is 0.410 e. The van der Waals surface area contributed by atoms with Crippen LogP contribution in [0.15, 0.2) is 24.3 Å². The first kappa shape index (κ1) is 16.7. The van der Waals surface area contributed by atoms with Crippen LogP contribution in [0.4, 0.5) is 4.79 Å². The van der Waals surface area contributed by atoms with Crippen molar-refractivity contribution in [3.05, 3.63) is 29.8 Å². The zero-order chi connectivity index (χ0) is 16.2. The molecular weight excluding hydrogens is 278 g/mol. The third-order valence-electron chi connectivity index (χ3n) is 3.66. The van der Waals surface area contributed by atoms with Crippen LogP contribution in [0.5, 0.6) is 5.75 Å². The van der Waals surface area contributed by atoms with Crippen LogP contribution in [0.2, 0.25) is 0 Å². The quantitative estimate of drug-likeness (QED) is 0.837. The Morgan fingerprint density at radius 1 is 1.32 bits per heavy atom. The number of hydrogen-bond donors (Lipinski definition) is 0. The molecule has 1 atom stereocenters. The van der Waals surface area contributed by atoms with Crippen LogP contribution in [0.1, 0.15) is 52.0 Å². The highest BCUT2D eigenvalue weighted by molar-refractivity contribution is 5.68. The zero-order valence-corrected chi connectivity index (χ0v) is 14.1. The van der Waals surface area contributed by atoms with Crippen molar-refractivity contribution in [2.45, 2.75) is 52.1 Å². The highest BCUT2D eigenvalue weighted by atomic mass is 16.6. The number of amides is 1. The molecule has 1 amide bonds. The molecule has 1 heterocycles. The topological polar surface area (TPSA) is 38.8 Å². The fourth-order valence-electron chi connectivity index (χ4n) is 2.67. The third-order valence-corrected chi connectivity index (χ3v) is 3.66. The summed E-state index contributed by atoms with van der Waals surface area (Å²) in [6, 6.07) is 8.15. The van der Waals surface area contributed by atoms with E-state index in [4.69, 9.17) is 9.47 Å². The Hall–Kier alpha value is -1.71. The summed E-state index contributed by atoms with van der Waals surface area (Å²) < 4.78 is 11.3. The summed E-state index contributed by atoms with van der Waals surface area (Å²) in [5.74, 6) is 1.26. The highest BCUT2D eigenvalue weighted by Crippen LogP contribution is 2.34. The van der Waals surface area contributed by atoms with Crippen LogP contribution in [-0.4, -0.2) is 36.3 Å². The summed E-state index contributed by atoms with van der Waals surface area (Å²) in [6.45, 7) is 9.94. The van der Waals surface area contributed by atoms with Gasteiger partial charge in [0.2, 0.25) is 0 Å². The number of para-hydroxylation sites is 1. The first-order valence-corrected chi connectivity index (χ1v) is 8.10. The molecule has 4 heteroatoms. The van der Waals surface area contributed by atoms with E-state index < -0.39 is 5.60 Å². The van der Waals surface area contributed by atoms with Crippen LogP contribution in [0.25, 0.3) is 0 Å². The minimum absolute atomic E-state index is 0.220. The molecule has 1 aromatic rings. The molecule has 1 aliphatic heterocycles. The van der Waals surface area contributed by atoms with Gasteiger partial charge in [0.15, 0.2) is 0 Å². The number of likely N-dealkylation sites (tertiary alicyclic amines) is 1. The average molecular weight is 305 g/mol. The summed E-state index contributed by atoms with van der Waals surface area (Å²) in [5, 5.41) is 0. The maximum Gasteiger partial charge on any atom is 0.410 e. The Kier molecular flexibility index (Phi) is 5.33. The van der Waals surface area contributed by atoms with Crippen molar-refractivity contribution in [3.8, 4) is 5.75 Å². The molecule has 4 nitrogen and oxygen atoms in total. The van der Waals surface area contributed by atoms with Crippen LogP contribution in [0.3, 0.4) is 0 Å². The number of ether oxygens (including phenoxy) is 2. The Morgan fingerprint density at radius 3 is 2.73 bits per heavy atom. The molecule has 0 bridgehead atoms. The largest absolute Gasteiger partial charge is 0.493 e. The molecule has 1 aromatic carbocycles. The van der Waals surface area contributed by atoms with E-state index in [9.17, 15) is 4.79 Å². The Bertz CT molecular complexity index is 507. The first-order valence-electron chi connectivity index (χ1n) is 8.10. The lowest BCUT2D eigenvalue weighted by Crippen LogP contribution is -2.35. The predicted octanol–water partition coefficient (Wildman–Crippen LogP) is 4.20. The zero-order valence-electron chi connectivity index (χ0n) is 14.1. The summed E-state index contributed by atoms with van der Waals surface area (Å²) in [7, 11) is 0. The monoisotopic (exact) mass is 305 g/mol. The van der Waals surface area contributed by atoms with E-state index in [1.807, 2.05) is 39.0 Å². The maximum absolute atomic E-state index is 12.2. The molecule has 1 aliphatic rings. The number of carbonyl (C=O) groups is 1. The van der Waals surface area contributed by atoms with Gasteiger partial charge >= 0.3 is 6.09 Å². The number of benzene rings is 1. The maximum atomic E-state index is 12.2. The second-order valence-corrected chi connectivity index (χ2v) is 6.80. The molecule has 2 rings (SSSR count). The molecule has 1 saturated heterocycles. The predicted molar refractivity (Wildman–Crippen MR) is 87.4 cm³/mol. The molecule has 1 fully saturated rings. The lowest BCUT2D eigenvalue weighted by Gasteiger charge is -2.24. The van der Waals surface area contributed by atoms with Crippen LogP contribution < -0.4 is 4.74 Å². The highest BCUT2D eigenvalue weighted by Gasteiger charge is 2.31. The lowest BCUT2D eigenvalue weighted by atomic mass is 9.97. The van der Waals surface area contributed by atoms with Crippen LogP contribution in [0, 0.1) is 0 Å². The van der Waals surface area contributed by atoms with Gasteiger partial charge in [-0.3, -0.25) is 0 Å². The number of hydrogen-bond acceptors (Lipinski definition) is 3. The fraction of sp³-hybridized carbons (Fsp3) is 0.611. The summed E-state index contributed by atoms with van der Waals surface area (Å²) in [6.07, 6.45) is 1.72. The van der Waals surface area contributed by atoms with Crippen molar-refractivity contribution in [1.82, 2.24) is 4.90 Å². The number of rotatable bonds is 4. The van der Waals surface area contributed by atoms with Gasteiger partial charge < -0.3 is 14.4 Å². The molecule has 0 saturated carbocycles. The Morgan fingerprint density at radius 2 is 2.05 bits per heavy atom. The van der Waals surface area contributed by atoms with Crippen molar-refractivity contribution in [1.29, 1.82) is 0 Å². The van der Waals surface area contributed by atoms with Crippen molar-refractivity contribution in [2.75, 3.05) is 19.7 Å². The molecule has 0 N–H and O–H groups in total. The summed E-state index contributed by atoms with van der Waals surface area (Å²) in [5.41, 5.74) is 0.749. The molecule has 0 radical (unpaired) electrons. The number of nitrogens with zero attached hydrogens (tertiary/aromatic N) is 1. The molecular formula is C18H27NO3. The van der Waals surface area contributed by atoms with Crippen molar-refractivity contribution >= 4 is 6.09 Å². The fourth-order valence-corrected chi connectivity index (χ4v) is 2.67. The van der Waals surface area contributed by atoms with Gasteiger partial charge in [-0.1, -0.05) is 25.1 Å². The summed E-state index contributed by atoms with van der Waals surface area (Å²) >= 11 is 0. The Balaban J connectivity index is 2.02. The first-order chi connectivity index (χ1) is 10.4. The average Bonchev–Trinajstić information content (AvgIpc) is 2.93. The molecule has 0 aliphatic carbocycles. The van der Waals surface area contributed by atoms with Gasteiger partial charge in [0.05, 0.1) is 6.61 Å². The Labute approximate surface area is 133 Å². The van der Waals surface area contributed by atoms with Gasteiger partial charge in [-0.25, -0.2) is 4.79 Å². The molecule has 0 spiro atoms. The lowest BCUT2D eigenvalue weighted by molar-refractivity contribution is 0.0292. The second-order valence-electron chi connectivity index (χ2n) is 6.80. The summed E-state index contributed by atoms with van der Waals surface area (Å²) in [4.78, 5) is 14.0. The van der Waals surface area contributed by atoms with Gasteiger partial charge in [0, 0.05) is 19.0 Å². The van der Waals surface area contributed by atoms with E-state index >= 15 is 0 Å². The van der Waals surface area contributed by atoms with Crippen LogP contribution in [-0.2, 0) is 4.74 Å².